The van der Waals surface area contributed by atoms with Crippen molar-refractivity contribution in [2.24, 2.45) is 0 Å². The predicted molar refractivity (Wildman–Crippen MR) is 112 cm³/mol. The normalized spacial score (nSPS) is 12.2. The molecule has 0 amide bonds. The number of fused-ring (bicyclic) bond motifs is 1. The van der Waals surface area contributed by atoms with Crippen LogP contribution >= 0.6 is 0 Å². The lowest BCUT2D eigenvalue weighted by Crippen LogP contribution is -2.28. The number of unbranched alkanes of at least 4 members (excludes halogenated alkanes) is 2. The number of aromatic amines is 1. The van der Waals surface area contributed by atoms with Gasteiger partial charge in [-0.25, -0.2) is 9.50 Å². The molecule has 2 N–H and O–H groups in total. The Bertz CT molecular complexity index is 750. The molecule has 0 bridgehead atoms. The number of rotatable bonds is 11. The molecule has 152 valence electrons. The number of hydrogen-bond acceptors (Lipinski definition) is 5. The minimum absolute atomic E-state index is 0.163. The van der Waals surface area contributed by atoms with Gasteiger partial charge >= 0.3 is 0 Å². The maximum absolute atomic E-state index is 11.7. The minimum Gasteiger partial charge on any atom is -0.354 e. The molecule has 0 fully saturated rings. The molecular weight excluding hydrogens is 340 g/mol. The topological polar surface area (TPSA) is 78.3 Å². The van der Waals surface area contributed by atoms with E-state index in [9.17, 15) is 4.79 Å². The summed E-state index contributed by atoms with van der Waals surface area (Å²) in [5.74, 6) is 1.39. The Morgan fingerprint density at radius 1 is 1.07 bits per heavy atom. The van der Waals surface area contributed by atoms with Crippen molar-refractivity contribution >= 4 is 11.6 Å². The molecule has 7 heteroatoms. The standard InChI is InChI=1S/C20H36N6O/c1-6-8-12-25(13-9-7-2)14-10-11-21-19-23-18(20(3,4)5)22-16-15-17(27)24-26(16)19/h15H,6-14H2,1-5H3,(H,24,27)(H,21,22,23). The summed E-state index contributed by atoms with van der Waals surface area (Å²) in [7, 11) is 0. The van der Waals surface area contributed by atoms with E-state index in [1.165, 1.54) is 44.8 Å². The van der Waals surface area contributed by atoms with Gasteiger partial charge in [-0.1, -0.05) is 47.5 Å². The Hall–Kier alpha value is -1.89. The van der Waals surface area contributed by atoms with Crippen LogP contribution in [0, 0.1) is 0 Å². The van der Waals surface area contributed by atoms with Gasteiger partial charge in [-0.3, -0.25) is 9.89 Å². The van der Waals surface area contributed by atoms with Gasteiger partial charge in [0, 0.05) is 18.0 Å². The largest absolute Gasteiger partial charge is 0.354 e. The van der Waals surface area contributed by atoms with Crippen LogP contribution in [0.5, 0.6) is 0 Å². The molecule has 2 aromatic rings. The maximum atomic E-state index is 11.7. The number of anilines is 1. The lowest BCUT2D eigenvalue weighted by atomic mass is 9.96. The molecule has 0 aliphatic heterocycles. The number of nitrogens with one attached hydrogen (secondary N) is 2. The van der Waals surface area contributed by atoms with E-state index in [-0.39, 0.29) is 11.0 Å². The first-order valence-corrected chi connectivity index (χ1v) is 10.3. The predicted octanol–water partition coefficient (Wildman–Crippen LogP) is 3.42. The lowest BCUT2D eigenvalue weighted by molar-refractivity contribution is 0.264. The average Bonchev–Trinajstić information content (AvgIpc) is 2.99. The molecule has 0 aliphatic carbocycles. The third kappa shape index (κ3) is 6.34. The molecule has 7 nitrogen and oxygen atoms in total. The minimum atomic E-state index is -0.178. The van der Waals surface area contributed by atoms with Gasteiger partial charge < -0.3 is 10.2 Å². The zero-order chi connectivity index (χ0) is 19.9. The van der Waals surface area contributed by atoms with Gasteiger partial charge in [0.25, 0.3) is 5.56 Å². The average molecular weight is 377 g/mol. The second kappa shape index (κ2) is 9.88. The third-order valence-corrected chi connectivity index (χ3v) is 4.62. The summed E-state index contributed by atoms with van der Waals surface area (Å²) in [5.41, 5.74) is 0.265. The zero-order valence-corrected chi connectivity index (χ0v) is 17.6. The summed E-state index contributed by atoms with van der Waals surface area (Å²) in [6.45, 7) is 14.9. The second-order valence-electron chi connectivity index (χ2n) is 8.26. The SMILES string of the molecule is CCCCN(CCCC)CCCNc1nc(C(C)(C)C)nc2cc(=O)[nH]n12. The molecule has 2 heterocycles. The van der Waals surface area contributed by atoms with E-state index >= 15 is 0 Å². The number of H-pyrrole nitrogens is 1. The summed E-state index contributed by atoms with van der Waals surface area (Å²) in [6, 6.07) is 1.51. The third-order valence-electron chi connectivity index (χ3n) is 4.62. The van der Waals surface area contributed by atoms with Crippen molar-refractivity contribution < 1.29 is 0 Å². The summed E-state index contributed by atoms with van der Waals surface area (Å²) < 4.78 is 1.64. The van der Waals surface area contributed by atoms with E-state index < -0.39 is 0 Å². The smallest absolute Gasteiger partial charge is 0.266 e. The molecule has 0 aliphatic rings. The monoisotopic (exact) mass is 376 g/mol. The van der Waals surface area contributed by atoms with E-state index in [4.69, 9.17) is 0 Å². The molecule has 27 heavy (non-hydrogen) atoms. The van der Waals surface area contributed by atoms with Crippen LogP contribution in [0.4, 0.5) is 5.95 Å². The molecule has 0 atom stereocenters. The highest BCUT2D eigenvalue weighted by atomic mass is 16.1. The van der Waals surface area contributed by atoms with Crippen LogP contribution in [0.25, 0.3) is 5.65 Å². The summed E-state index contributed by atoms with van der Waals surface area (Å²) in [4.78, 5) is 23.5. The Kier molecular flexibility index (Phi) is 7.83. The molecule has 0 radical (unpaired) electrons. The summed E-state index contributed by atoms with van der Waals surface area (Å²) in [5, 5.41) is 6.17. The van der Waals surface area contributed by atoms with Crippen LogP contribution in [-0.2, 0) is 5.41 Å². The second-order valence-corrected chi connectivity index (χ2v) is 8.26. The highest BCUT2D eigenvalue weighted by molar-refractivity contribution is 5.44. The van der Waals surface area contributed by atoms with Crippen LogP contribution < -0.4 is 10.9 Å². The van der Waals surface area contributed by atoms with Crippen LogP contribution in [0.15, 0.2) is 10.9 Å². The molecule has 0 aromatic carbocycles. The fraction of sp³-hybridized carbons (Fsp3) is 0.750. The van der Waals surface area contributed by atoms with Crippen molar-refractivity contribution in [3.05, 3.63) is 22.2 Å². The molecule has 0 unspecified atom stereocenters. The number of aromatic nitrogens is 4. The van der Waals surface area contributed by atoms with Crippen molar-refractivity contribution in [3.63, 3.8) is 0 Å². The van der Waals surface area contributed by atoms with Gasteiger partial charge in [-0.05, 0) is 38.9 Å². The highest BCUT2D eigenvalue weighted by Crippen LogP contribution is 2.20. The Morgan fingerprint density at radius 3 is 2.30 bits per heavy atom. The van der Waals surface area contributed by atoms with E-state index in [0.29, 0.717) is 11.6 Å². The summed E-state index contributed by atoms with van der Waals surface area (Å²) >= 11 is 0. The van der Waals surface area contributed by atoms with Crippen molar-refractivity contribution in [3.8, 4) is 0 Å². The van der Waals surface area contributed by atoms with E-state index in [1.807, 2.05) is 0 Å². The van der Waals surface area contributed by atoms with Crippen LogP contribution in [0.3, 0.4) is 0 Å². The first-order chi connectivity index (χ1) is 12.8. The first kappa shape index (κ1) is 21.4. The van der Waals surface area contributed by atoms with Crippen molar-refractivity contribution in [2.75, 3.05) is 31.5 Å². The fourth-order valence-electron chi connectivity index (χ4n) is 2.96. The first-order valence-electron chi connectivity index (χ1n) is 10.3. The molecule has 0 saturated heterocycles. The maximum Gasteiger partial charge on any atom is 0.266 e. The molecule has 0 spiro atoms. The highest BCUT2D eigenvalue weighted by Gasteiger charge is 2.20. The van der Waals surface area contributed by atoms with Crippen molar-refractivity contribution in [2.45, 2.75) is 72.1 Å². The Morgan fingerprint density at radius 2 is 1.70 bits per heavy atom. The quantitative estimate of drug-likeness (QED) is 0.588. The molecule has 2 rings (SSSR count). The Labute approximate surface area is 162 Å². The van der Waals surface area contributed by atoms with Crippen LogP contribution in [-0.4, -0.2) is 50.7 Å². The van der Waals surface area contributed by atoms with Crippen LogP contribution in [0.1, 0.15) is 72.5 Å². The van der Waals surface area contributed by atoms with Crippen molar-refractivity contribution in [1.82, 2.24) is 24.5 Å². The molecule has 2 aromatic heterocycles. The van der Waals surface area contributed by atoms with Crippen LogP contribution in [0.2, 0.25) is 0 Å². The lowest BCUT2D eigenvalue weighted by Gasteiger charge is -2.22. The molecular formula is C20H36N6O. The van der Waals surface area contributed by atoms with E-state index in [1.54, 1.807) is 4.52 Å². The summed E-state index contributed by atoms with van der Waals surface area (Å²) in [6.07, 6.45) is 6.01. The van der Waals surface area contributed by atoms with E-state index in [0.717, 1.165) is 25.3 Å². The zero-order valence-electron chi connectivity index (χ0n) is 17.6. The van der Waals surface area contributed by atoms with Gasteiger partial charge in [-0.2, -0.15) is 4.98 Å². The van der Waals surface area contributed by atoms with Gasteiger partial charge in [0.05, 0.1) is 0 Å². The van der Waals surface area contributed by atoms with Gasteiger partial charge in [0.1, 0.15) is 5.82 Å². The fourth-order valence-corrected chi connectivity index (χ4v) is 2.96. The van der Waals surface area contributed by atoms with E-state index in [2.05, 4.69) is 59.9 Å². The van der Waals surface area contributed by atoms with Gasteiger partial charge in [0.15, 0.2) is 5.65 Å². The Balaban J connectivity index is 2.02. The molecule has 0 saturated carbocycles. The number of nitrogens with zero attached hydrogens (tertiary/aromatic N) is 4. The van der Waals surface area contributed by atoms with Gasteiger partial charge in [-0.15, -0.1) is 0 Å². The van der Waals surface area contributed by atoms with Crippen molar-refractivity contribution in [1.29, 1.82) is 0 Å². The number of hydrogen-bond donors (Lipinski definition) is 2. The van der Waals surface area contributed by atoms with Gasteiger partial charge in [0.2, 0.25) is 5.95 Å².